The van der Waals surface area contributed by atoms with Gasteiger partial charge in [0.25, 0.3) is 0 Å². The third-order valence-corrected chi connectivity index (χ3v) is 3.05. The van der Waals surface area contributed by atoms with Crippen molar-refractivity contribution in [2.45, 2.75) is 13.1 Å². The molecule has 2 rings (SSSR count). The largest absolute Gasteiger partial charge is 0.379 e. The topological polar surface area (TPSA) is 39.2 Å². The van der Waals surface area contributed by atoms with Crippen LogP contribution in [0, 0.1) is 0 Å². The number of nitrogens with zero attached hydrogens (tertiary/aromatic N) is 3. The zero-order valence-electron chi connectivity index (χ0n) is 9.17. The van der Waals surface area contributed by atoms with Crippen molar-refractivity contribution >= 4 is 0 Å². The van der Waals surface area contributed by atoms with Crippen LogP contribution in [0.2, 0.25) is 0 Å². The Balaban J connectivity index is 1.71. The molecule has 86 valence electrons. The minimum atomic E-state index is 0.0611. The quantitative estimate of drug-likeness (QED) is 0.722. The molecule has 0 spiro atoms. The Morgan fingerprint density at radius 2 is 2.00 bits per heavy atom. The molecule has 1 atom stereocenters. The normalized spacial score (nSPS) is 27.7. The Bertz CT molecular complexity index is 229. The van der Waals surface area contributed by atoms with Gasteiger partial charge in [-0.3, -0.25) is 10.1 Å². The number of rotatable bonds is 3. The summed E-state index contributed by atoms with van der Waals surface area (Å²) in [6, 6.07) is 0. The van der Waals surface area contributed by atoms with Gasteiger partial charge in [0.15, 0.2) is 0 Å². The zero-order valence-corrected chi connectivity index (χ0v) is 9.17. The van der Waals surface area contributed by atoms with E-state index < -0.39 is 0 Å². The first-order chi connectivity index (χ1) is 7.27. The van der Waals surface area contributed by atoms with Gasteiger partial charge in [-0.2, -0.15) is 0 Å². The van der Waals surface area contributed by atoms with Gasteiger partial charge in [0, 0.05) is 38.6 Å². The van der Waals surface area contributed by atoms with E-state index in [1.54, 1.807) is 6.20 Å². The van der Waals surface area contributed by atoms with Gasteiger partial charge in [0.05, 0.1) is 13.2 Å². The number of hydrogen-bond donors (Lipinski definition) is 1. The first-order valence-electron chi connectivity index (χ1n) is 5.49. The predicted molar refractivity (Wildman–Crippen MR) is 56.2 cm³/mol. The van der Waals surface area contributed by atoms with Crippen LogP contribution in [0.5, 0.6) is 0 Å². The lowest BCUT2D eigenvalue weighted by Crippen LogP contribution is -2.43. The molecule has 1 unspecified atom stereocenters. The van der Waals surface area contributed by atoms with E-state index in [2.05, 4.69) is 9.80 Å². The molecule has 0 aliphatic carbocycles. The van der Waals surface area contributed by atoms with Crippen molar-refractivity contribution < 1.29 is 9.94 Å². The third kappa shape index (κ3) is 2.62. The summed E-state index contributed by atoms with van der Waals surface area (Å²) >= 11 is 0. The lowest BCUT2D eigenvalue weighted by Gasteiger charge is -2.31. The molecule has 15 heavy (non-hydrogen) atoms. The van der Waals surface area contributed by atoms with Gasteiger partial charge in [-0.05, 0) is 6.92 Å². The van der Waals surface area contributed by atoms with Gasteiger partial charge >= 0.3 is 0 Å². The van der Waals surface area contributed by atoms with E-state index in [1.165, 1.54) is 5.06 Å². The third-order valence-electron chi connectivity index (χ3n) is 3.05. The molecule has 0 saturated carbocycles. The van der Waals surface area contributed by atoms with Crippen molar-refractivity contribution in [3.8, 4) is 0 Å². The minimum Gasteiger partial charge on any atom is -0.379 e. The fourth-order valence-corrected chi connectivity index (χ4v) is 1.90. The van der Waals surface area contributed by atoms with Crippen LogP contribution in [0.4, 0.5) is 0 Å². The molecule has 0 aromatic heterocycles. The Hall–Kier alpha value is -0.780. The standard InChI is InChI=1S/C10H19N3O2/c1-10-12(4-5-13(10)14)3-2-11-6-8-15-9-7-11/h4-5,10,14H,2-3,6-9H2,1H3. The lowest BCUT2D eigenvalue weighted by molar-refractivity contribution is -0.0972. The van der Waals surface area contributed by atoms with Crippen LogP contribution in [0.1, 0.15) is 6.92 Å². The summed E-state index contributed by atoms with van der Waals surface area (Å²) in [6.07, 6.45) is 3.70. The Morgan fingerprint density at radius 3 is 2.60 bits per heavy atom. The molecule has 5 nitrogen and oxygen atoms in total. The van der Waals surface area contributed by atoms with Crippen molar-refractivity contribution in [1.29, 1.82) is 0 Å². The average Bonchev–Trinajstić information content (AvgIpc) is 2.59. The van der Waals surface area contributed by atoms with Crippen LogP contribution in [-0.2, 0) is 4.74 Å². The van der Waals surface area contributed by atoms with Crippen molar-refractivity contribution in [3.05, 3.63) is 12.4 Å². The fraction of sp³-hybridized carbons (Fsp3) is 0.800. The summed E-state index contributed by atoms with van der Waals surface area (Å²) in [6.45, 7) is 7.71. The van der Waals surface area contributed by atoms with Crippen molar-refractivity contribution in [2.24, 2.45) is 0 Å². The van der Waals surface area contributed by atoms with Gasteiger partial charge in [0.2, 0.25) is 0 Å². The van der Waals surface area contributed by atoms with Gasteiger partial charge in [0.1, 0.15) is 6.17 Å². The summed E-state index contributed by atoms with van der Waals surface area (Å²) in [4.78, 5) is 4.53. The fourth-order valence-electron chi connectivity index (χ4n) is 1.90. The zero-order chi connectivity index (χ0) is 10.7. The van der Waals surface area contributed by atoms with E-state index in [1.807, 2.05) is 13.1 Å². The van der Waals surface area contributed by atoms with Crippen LogP contribution >= 0.6 is 0 Å². The smallest absolute Gasteiger partial charge is 0.123 e. The van der Waals surface area contributed by atoms with Crippen molar-refractivity contribution in [1.82, 2.24) is 14.9 Å². The first kappa shape index (κ1) is 10.7. The van der Waals surface area contributed by atoms with Crippen LogP contribution in [0.15, 0.2) is 12.4 Å². The molecule has 0 radical (unpaired) electrons. The summed E-state index contributed by atoms with van der Waals surface area (Å²) in [5, 5.41) is 10.6. The summed E-state index contributed by atoms with van der Waals surface area (Å²) in [5.74, 6) is 0. The van der Waals surface area contributed by atoms with Crippen LogP contribution < -0.4 is 0 Å². The van der Waals surface area contributed by atoms with Crippen LogP contribution in [0.3, 0.4) is 0 Å². The lowest BCUT2D eigenvalue weighted by atomic mass is 10.4. The maximum atomic E-state index is 9.38. The highest BCUT2D eigenvalue weighted by molar-refractivity contribution is 4.91. The minimum absolute atomic E-state index is 0.0611. The number of morpholine rings is 1. The van der Waals surface area contributed by atoms with Gasteiger partial charge in [-0.15, -0.1) is 0 Å². The molecule has 0 bridgehead atoms. The molecule has 2 aliphatic heterocycles. The van der Waals surface area contributed by atoms with E-state index in [4.69, 9.17) is 4.74 Å². The maximum Gasteiger partial charge on any atom is 0.123 e. The van der Waals surface area contributed by atoms with E-state index in [0.717, 1.165) is 39.4 Å². The SMILES string of the molecule is CC1N(O)C=CN1CCN1CCOCC1. The molecule has 0 amide bonds. The van der Waals surface area contributed by atoms with Crippen LogP contribution in [-0.4, -0.2) is 65.6 Å². The number of ether oxygens (including phenoxy) is 1. The Kier molecular flexibility index (Phi) is 3.45. The van der Waals surface area contributed by atoms with E-state index in [9.17, 15) is 5.21 Å². The van der Waals surface area contributed by atoms with Crippen molar-refractivity contribution in [3.63, 3.8) is 0 Å². The highest BCUT2D eigenvalue weighted by Gasteiger charge is 2.20. The Labute approximate surface area is 90.5 Å². The molecule has 1 saturated heterocycles. The van der Waals surface area contributed by atoms with E-state index in [-0.39, 0.29) is 6.17 Å². The molecule has 5 heteroatoms. The second-order valence-electron chi connectivity index (χ2n) is 4.00. The summed E-state index contributed by atoms with van der Waals surface area (Å²) < 4.78 is 5.29. The number of hydrogen-bond acceptors (Lipinski definition) is 5. The highest BCUT2D eigenvalue weighted by Crippen LogP contribution is 2.12. The molecule has 1 N–H and O–H groups in total. The van der Waals surface area contributed by atoms with E-state index >= 15 is 0 Å². The van der Waals surface area contributed by atoms with Crippen LogP contribution in [0.25, 0.3) is 0 Å². The number of hydroxylamine groups is 2. The molecule has 0 aromatic rings. The van der Waals surface area contributed by atoms with Crippen molar-refractivity contribution in [2.75, 3.05) is 39.4 Å². The Morgan fingerprint density at radius 1 is 1.27 bits per heavy atom. The predicted octanol–water partition coefficient (Wildman–Crippen LogP) is 0.143. The maximum absolute atomic E-state index is 9.38. The second kappa shape index (κ2) is 4.83. The molecular formula is C10H19N3O2. The molecule has 2 heterocycles. The monoisotopic (exact) mass is 213 g/mol. The molecule has 0 aromatic carbocycles. The average molecular weight is 213 g/mol. The summed E-state index contributed by atoms with van der Waals surface area (Å²) in [5.41, 5.74) is 0. The molecular weight excluding hydrogens is 194 g/mol. The van der Waals surface area contributed by atoms with Gasteiger partial charge < -0.3 is 9.64 Å². The second-order valence-corrected chi connectivity index (χ2v) is 4.00. The molecule has 2 aliphatic rings. The first-order valence-corrected chi connectivity index (χ1v) is 5.49. The van der Waals surface area contributed by atoms with Gasteiger partial charge in [-0.1, -0.05) is 0 Å². The highest BCUT2D eigenvalue weighted by atomic mass is 16.5. The van der Waals surface area contributed by atoms with Gasteiger partial charge in [-0.25, -0.2) is 5.06 Å². The van der Waals surface area contributed by atoms with E-state index in [0.29, 0.717) is 0 Å². The molecule has 1 fully saturated rings. The summed E-state index contributed by atoms with van der Waals surface area (Å²) in [7, 11) is 0.